The van der Waals surface area contributed by atoms with Gasteiger partial charge in [-0.15, -0.1) is 0 Å². The largest absolute Gasteiger partial charge is 0.434 e. The summed E-state index contributed by atoms with van der Waals surface area (Å²) in [4.78, 5) is 15.6. The Morgan fingerprint density at radius 1 is 1.40 bits per heavy atom. The number of H-pyrrole nitrogens is 1. The first-order valence-electron chi connectivity index (χ1n) is 6.39. The molecule has 0 fully saturated rings. The summed E-state index contributed by atoms with van der Waals surface area (Å²) in [6, 6.07) is 0. The van der Waals surface area contributed by atoms with Gasteiger partial charge in [-0.2, -0.15) is 15.1 Å². The average Bonchev–Trinajstić information content (AvgIpc) is 3.08. The summed E-state index contributed by atoms with van der Waals surface area (Å²) < 4.78 is 7.61. The first-order valence-corrected chi connectivity index (χ1v) is 6.39. The second-order valence-corrected chi connectivity index (χ2v) is 4.24. The van der Waals surface area contributed by atoms with Gasteiger partial charge in [-0.1, -0.05) is 6.92 Å². The van der Waals surface area contributed by atoms with Crippen molar-refractivity contribution >= 4 is 17.1 Å². The van der Waals surface area contributed by atoms with E-state index in [1.807, 2.05) is 10.9 Å². The lowest BCUT2D eigenvalue weighted by atomic mass is 10.5. The molecule has 0 saturated carbocycles. The van der Waals surface area contributed by atoms with Crippen LogP contribution >= 0.6 is 0 Å². The van der Waals surface area contributed by atoms with Gasteiger partial charge in [0.15, 0.2) is 11.4 Å². The Morgan fingerprint density at radius 2 is 2.30 bits per heavy atom. The summed E-state index contributed by atoms with van der Waals surface area (Å²) in [7, 11) is 1.75. The van der Waals surface area contributed by atoms with E-state index in [-0.39, 0.29) is 0 Å². The SMILES string of the molecule is CCCn1cc(Oc2nc(NC)nc3nc[nH]c23)cn1. The molecule has 0 aliphatic rings. The van der Waals surface area contributed by atoms with Crippen LogP contribution in [0.5, 0.6) is 11.6 Å². The number of anilines is 1. The Morgan fingerprint density at radius 3 is 3.10 bits per heavy atom. The van der Waals surface area contributed by atoms with E-state index in [1.54, 1.807) is 19.6 Å². The number of nitrogens with zero attached hydrogens (tertiary/aromatic N) is 5. The fourth-order valence-corrected chi connectivity index (χ4v) is 1.85. The van der Waals surface area contributed by atoms with Crippen molar-refractivity contribution in [3.8, 4) is 11.6 Å². The molecule has 8 heteroatoms. The quantitative estimate of drug-likeness (QED) is 0.736. The highest BCUT2D eigenvalue weighted by Crippen LogP contribution is 2.26. The maximum absolute atomic E-state index is 5.77. The molecule has 3 aromatic rings. The molecule has 0 saturated heterocycles. The molecule has 3 aromatic heterocycles. The van der Waals surface area contributed by atoms with E-state index in [1.165, 1.54) is 0 Å². The Hall–Kier alpha value is -2.64. The van der Waals surface area contributed by atoms with Crippen LogP contribution in [0.1, 0.15) is 13.3 Å². The first kappa shape index (κ1) is 12.4. The number of hydrogen-bond acceptors (Lipinski definition) is 6. The molecule has 0 aliphatic heterocycles. The monoisotopic (exact) mass is 273 g/mol. The summed E-state index contributed by atoms with van der Waals surface area (Å²) >= 11 is 0. The number of aromatic amines is 1. The van der Waals surface area contributed by atoms with Gasteiger partial charge < -0.3 is 15.0 Å². The smallest absolute Gasteiger partial charge is 0.250 e. The molecule has 3 rings (SSSR count). The van der Waals surface area contributed by atoms with Gasteiger partial charge >= 0.3 is 0 Å². The number of fused-ring (bicyclic) bond motifs is 1. The summed E-state index contributed by atoms with van der Waals surface area (Å²) in [5.74, 6) is 1.52. The van der Waals surface area contributed by atoms with Crippen LogP contribution in [0.4, 0.5) is 5.95 Å². The van der Waals surface area contributed by atoms with Crippen LogP contribution in [-0.2, 0) is 6.54 Å². The molecule has 0 radical (unpaired) electrons. The van der Waals surface area contributed by atoms with Crippen LogP contribution in [-0.4, -0.2) is 36.8 Å². The van der Waals surface area contributed by atoms with Gasteiger partial charge in [0.1, 0.15) is 5.52 Å². The van der Waals surface area contributed by atoms with Crippen molar-refractivity contribution in [2.24, 2.45) is 0 Å². The van der Waals surface area contributed by atoms with E-state index >= 15 is 0 Å². The van der Waals surface area contributed by atoms with Crippen molar-refractivity contribution in [3.05, 3.63) is 18.7 Å². The highest BCUT2D eigenvalue weighted by molar-refractivity contribution is 5.77. The Bertz CT molecular complexity index is 717. The van der Waals surface area contributed by atoms with Crippen LogP contribution in [0.3, 0.4) is 0 Å². The molecule has 2 N–H and O–H groups in total. The van der Waals surface area contributed by atoms with Crippen LogP contribution in [0, 0.1) is 0 Å². The second kappa shape index (κ2) is 5.16. The van der Waals surface area contributed by atoms with Gasteiger partial charge in [-0.05, 0) is 6.42 Å². The van der Waals surface area contributed by atoms with E-state index in [4.69, 9.17) is 4.74 Å². The molecule has 0 unspecified atom stereocenters. The summed E-state index contributed by atoms with van der Waals surface area (Å²) in [5, 5.41) is 7.10. The standard InChI is InChI=1S/C12H15N7O/c1-3-4-19-6-8(5-16-19)20-11-9-10(15-7-14-9)17-12(13-2)18-11/h5-7H,3-4H2,1-2H3,(H2,13,14,15,17,18). The molecular formula is C12H15N7O. The zero-order valence-corrected chi connectivity index (χ0v) is 11.3. The van der Waals surface area contributed by atoms with E-state index in [0.717, 1.165) is 13.0 Å². The van der Waals surface area contributed by atoms with Gasteiger partial charge in [0.25, 0.3) is 5.88 Å². The van der Waals surface area contributed by atoms with Gasteiger partial charge in [-0.3, -0.25) is 4.68 Å². The molecular weight excluding hydrogens is 258 g/mol. The van der Waals surface area contributed by atoms with Crippen molar-refractivity contribution in [1.29, 1.82) is 0 Å². The van der Waals surface area contributed by atoms with Crippen LogP contribution in [0.2, 0.25) is 0 Å². The first-order chi connectivity index (χ1) is 9.80. The number of ether oxygens (including phenoxy) is 1. The molecule has 0 atom stereocenters. The van der Waals surface area contributed by atoms with Gasteiger partial charge in [0, 0.05) is 13.6 Å². The predicted molar refractivity (Wildman–Crippen MR) is 73.8 cm³/mol. The van der Waals surface area contributed by atoms with Crippen LogP contribution < -0.4 is 10.1 Å². The summed E-state index contributed by atoms with van der Waals surface area (Å²) in [6.45, 7) is 2.95. The average molecular weight is 273 g/mol. The summed E-state index contributed by atoms with van der Waals surface area (Å²) in [6.07, 6.45) is 6.08. The molecule has 3 heterocycles. The fraction of sp³-hybridized carbons (Fsp3) is 0.333. The van der Waals surface area contributed by atoms with Crippen molar-refractivity contribution < 1.29 is 4.74 Å². The lowest BCUT2D eigenvalue weighted by Crippen LogP contribution is -1.99. The number of nitrogens with one attached hydrogen (secondary N) is 2. The Balaban J connectivity index is 1.94. The van der Waals surface area contributed by atoms with E-state index in [2.05, 4.69) is 37.3 Å². The molecule has 0 aliphatic carbocycles. The number of aryl methyl sites for hydroxylation is 1. The number of hydrogen-bond donors (Lipinski definition) is 2. The normalized spacial score (nSPS) is 10.9. The fourth-order valence-electron chi connectivity index (χ4n) is 1.85. The minimum Gasteiger partial charge on any atom is -0.434 e. The molecule has 20 heavy (non-hydrogen) atoms. The highest BCUT2D eigenvalue weighted by atomic mass is 16.5. The van der Waals surface area contributed by atoms with Crippen molar-refractivity contribution in [1.82, 2.24) is 29.7 Å². The molecule has 8 nitrogen and oxygen atoms in total. The van der Waals surface area contributed by atoms with E-state index in [0.29, 0.717) is 28.7 Å². The summed E-state index contributed by atoms with van der Waals surface area (Å²) in [5.41, 5.74) is 1.22. The minimum absolute atomic E-state index is 0.424. The van der Waals surface area contributed by atoms with Crippen molar-refractivity contribution in [2.45, 2.75) is 19.9 Å². The van der Waals surface area contributed by atoms with E-state index in [9.17, 15) is 0 Å². The lowest BCUT2D eigenvalue weighted by Gasteiger charge is -2.04. The van der Waals surface area contributed by atoms with Gasteiger partial charge in [0.2, 0.25) is 5.95 Å². The third kappa shape index (κ3) is 2.27. The third-order valence-electron chi connectivity index (χ3n) is 2.75. The maximum Gasteiger partial charge on any atom is 0.250 e. The molecule has 0 bridgehead atoms. The van der Waals surface area contributed by atoms with Gasteiger partial charge in [-0.25, -0.2) is 4.98 Å². The maximum atomic E-state index is 5.77. The topological polar surface area (TPSA) is 93.5 Å². The molecule has 104 valence electrons. The Labute approximate surface area is 115 Å². The number of rotatable bonds is 5. The number of imidazole rings is 1. The van der Waals surface area contributed by atoms with Crippen LogP contribution in [0.15, 0.2) is 18.7 Å². The minimum atomic E-state index is 0.424. The second-order valence-electron chi connectivity index (χ2n) is 4.24. The number of aromatic nitrogens is 6. The van der Waals surface area contributed by atoms with Crippen molar-refractivity contribution in [2.75, 3.05) is 12.4 Å². The highest BCUT2D eigenvalue weighted by Gasteiger charge is 2.12. The zero-order valence-electron chi connectivity index (χ0n) is 11.3. The van der Waals surface area contributed by atoms with Crippen LogP contribution in [0.25, 0.3) is 11.2 Å². The lowest BCUT2D eigenvalue weighted by molar-refractivity contribution is 0.466. The third-order valence-corrected chi connectivity index (χ3v) is 2.75. The molecule has 0 amide bonds. The van der Waals surface area contributed by atoms with Crippen molar-refractivity contribution in [3.63, 3.8) is 0 Å². The van der Waals surface area contributed by atoms with E-state index < -0.39 is 0 Å². The molecule has 0 spiro atoms. The zero-order chi connectivity index (χ0) is 13.9. The molecule has 0 aromatic carbocycles. The predicted octanol–water partition coefficient (Wildman–Crippen LogP) is 1.79. The Kier molecular flexibility index (Phi) is 3.20. The van der Waals surface area contributed by atoms with Gasteiger partial charge in [0.05, 0.1) is 18.7 Å².